The second kappa shape index (κ2) is 9.22. The third-order valence-electron chi connectivity index (χ3n) is 4.76. The Bertz CT molecular complexity index is 653. The number of carbonyl (C=O) groups is 3. The van der Waals surface area contributed by atoms with Gasteiger partial charge in [-0.05, 0) is 37.0 Å². The zero-order valence-electron chi connectivity index (χ0n) is 15.3. The largest absolute Gasteiger partial charge is 0.497 e. The standard InChI is InChI=1S/C19H26N2O5/c1-20(13-18(23)21-10-8-15(9-11-21)19(24)25)17(22)7-6-14-4-3-5-16(12-14)26-2/h3-5,12,15H,6-11,13H2,1-2H3,(H,24,25). The minimum Gasteiger partial charge on any atom is -0.497 e. The Morgan fingerprint density at radius 1 is 1.27 bits per heavy atom. The zero-order chi connectivity index (χ0) is 19.1. The molecule has 1 aromatic rings. The zero-order valence-corrected chi connectivity index (χ0v) is 15.3. The van der Waals surface area contributed by atoms with Crippen molar-refractivity contribution in [1.29, 1.82) is 0 Å². The van der Waals surface area contributed by atoms with E-state index in [4.69, 9.17) is 9.84 Å². The highest BCUT2D eigenvalue weighted by molar-refractivity contribution is 5.85. The Balaban J connectivity index is 1.77. The quantitative estimate of drug-likeness (QED) is 0.792. The van der Waals surface area contributed by atoms with Crippen LogP contribution in [0, 0.1) is 5.92 Å². The number of carboxylic acids is 1. The van der Waals surface area contributed by atoms with Gasteiger partial charge in [-0.2, -0.15) is 0 Å². The number of amides is 2. The maximum Gasteiger partial charge on any atom is 0.306 e. The molecule has 0 bridgehead atoms. The first kappa shape index (κ1) is 19.8. The number of hydrogen-bond acceptors (Lipinski definition) is 4. The molecule has 1 N–H and O–H groups in total. The number of aryl methyl sites for hydroxylation is 1. The number of rotatable bonds is 7. The van der Waals surface area contributed by atoms with Crippen LogP contribution >= 0.6 is 0 Å². The third-order valence-corrected chi connectivity index (χ3v) is 4.76. The summed E-state index contributed by atoms with van der Waals surface area (Å²) in [5.41, 5.74) is 1.01. The van der Waals surface area contributed by atoms with E-state index in [2.05, 4.69) is 0 Å². The number of carbonyl (C=O) groups excluding carboxylic acids is 2. The predicted molar refractivity (Wildman–Crippen MR) is 95.9 cm³/mol. The molecule has 2 amide bonds. The van der Waals surface area contributed by atoms with Gasteiger partial charge in [0.2, 0.25) is 11.8 Å². The van der Waals surface area contributed by atoms with Crippen molar-refractivity contribution >= 4 is 17.8 Å². The number of hydrogen-bond donors (Lipinski definition) is 1. The summed E-state index contributed by atoms with van der Waals surface area (Å²) < 4.78 is 5.17. The van der Waals surface area contributed by atoms with Crippen molar-refractivity contribution in [2.45, 2.75) is 25.7 Å². The third kappa shape index (κ3) is 5.47. The van der Waals surface area contributed by atoms with Crippen molar-refractivity contribution in [3.05, 3.63) is 29.8 Å². The number of likely N-dealkylation sites (N-methyl/N-ethyl adjacent to an activating group) is 1. The summed E-state index contributed by atoms with van der Waals surface area (Å²) in [6.07, 6.45) is 1.83. The molecule has 0 atom stereocenters. The monoisotopic (exact) mass is 362 g/mol. The lowest BCUT2D eigenvalue weighted by atomic mass is 9.97. The summed E-state index contributed by atoms with van der Waals surface area (Å²) in [7, 11) is 3.22. The first-order chi connectivity index (χ1) is 12.4. The van der Waals surface area contributed by atoms with Crippen LogP contribution in [0.2, 0.25) is 0 Å². The minimum atomic E-state index is -0.804. The highest BCUT2D eigenvalue weighted by atomic mass is 16.5. The van der Waals surface area contributed by atoms with Crippen LogP contribution < -0.4 is 4.74 Å². The van der Waals surface area contributed by atoms with Gasteiger partial charge in [0.15, 0.2) is 0 Å². The molecule has 26 heavy (non-hydrogen) atoms. The Labute approximate surface area is 153 Å². The van der Waals surface area contributed by atoms with Gasteiger partial charge in [-0.3, -0.25) is 14.4 Å². The average molecular weight is 362 g/mol. The molecule has 7 heteroatoms. The van der Waals surface area contributed by atoms with E-state index in [-0.39, 0.29) is 24.3 Å². The summed E-state index contributed by atoms with van der Waals surface area (Å²) in [6.45, 7) is 0.887. The number of benzene rings is 1. The van der Waals surface area contributed by atoms with E-state index in [0.717, 1.165) is 11.3 Å². The fraction of sp³-hybridized carbons (Fsp3) is 0.526. The molecule has 0 unspecified atom stereocenters. The van der Waals surface area contributed by atoms with Crippen LogP contribution in [0.4, 0.5) is 0 Å². The Kier molecular flexibility index (Phi) is 7.00. The van der Waals surface area contributed by atoms with E-state index in [1.165, 1.54) is 4.90 Å². The number of aliphatic carboxylic acids is 1. The van der Waals surface area contributed by atoms with Crippen LogP contribution in [0.3, 0.4) is 0 Å². The summed E-state index contributed by atoms with van der Waals surface area (Å²) in [5, 5.41) is 9.00. The molecule has 1 saturated heterocycles. The first-order valence-electron chi connectivity index (χ1n) is 8.78. The minimum absolute atomic E-state index is 0.0225. The molecule has 0 saturated carbocycles. The lowest BCUT2D eigenvalue weighted by Gasteiger charge is -2.31. The first-order valence-corrected chi connectivity index (χ1v) is 8.78. The van der Waals surface area contributed by atoms with E-state index >= 15 is 0 Å². The highest BCUT2D eigenvalue weighted by Crippen LogP contribution is 2.18. The van der Waals surface area contributed by atoms with Crippen molar-refractivity contribution < 1.29 is 24.2 Å². The molecule has 142 valence electrons. The van der Waals surface area contributed by atoms with Crippen molar-refractivity contribution in [2.24, 2.45) is 5.92 Å². The van der Waals surface area contributed by atoms with Gasteiger partial charge in [-0.25, -0.2) is 0 Å². The van der Waals surface area contributed by atoms with E-state index in [0.29, 0.717) is 38.8 Å². The molecule has 1 aromatic carbocycles. The molecule has 7 nitrogen and oxygen atoms in total. The normalized spacial score (nSPS) is 14.8. The van der Waals surface area contributed by atoms with Crippen molar-refractivity contribution in [3.63, 3.8) is 0 Å². The van der Waals surface area contributed by atoms with Gasteiger partial charge in [0.05, 0.1) is 19.6 Å². The summed E-state index contributed by atoms with van der Waals surface area (Å²) in [5.74, 6) is -0.654. The van der Waals surface area contributed by atoms with Gasteiger partial charge in [-0.15, -0.1) is 0 Å². The lowest BCUT2D eigenvalue weighted by molar-refractivity contribution is -0.146. The van der Waals surface area contributed by atoms with Gasteiger partial charge in [-0.1, -0.05) is 12.1 Å². The van der Waals surface area contributed by atoms with Crippen molar-refractivity contribution in [2.75, 3.05) is 33.8 Å². The highest BCUT2D eigenvalue weighted by Gasteiger charge is 2.27. The second-order valence-corrected chi connectivity index (χ2v) is 6.59. The van der Waals surface area contributed by atoms with Crippen molar-refractivity contribution in [1.82, 2.24) is 9.80 Å². The van der Waals surface area contributed by atoms with Crippen LogP contribution in [0.5, 0.6) is 5.75 Å². The molecule has 1 heterocycles. The van der Waals surface area contributed by atoms with Crippen LogP contribution in [-0.2, 0) is 20.8 Å². The molecule has 0 spiro atoms. The lowest BCUT2D eigenvalue weighted by Crippen LogP contribution is -2.45. The van der Waals surface area contributed by atoms with Gasteiger partial charge in [0.25, 0.3) is 0 Å². The van der Waals surface area contributed by atoms with Gasteiger partial charge < -0.3 is 19.6 Å². The summed E-state index contributed by atoms with van der Waals surface area (Å²) >= 11 is 0. The predicted octanol–water partition coefficient (Wildman–Crippen LogP) is 1.41. The van der Waals surface area contributed by atoms with Crippen LogP contribution in [-0.4, -0.2) is 66.5 Å². The van der Waals surface area contributed by atoms with E-state index < -0.39 is 5.97 Å². The number of likely N-dealkylation sites (tertiary alicyclic amines) is 1. The average Bonchev–Trinajstić information content (AvgIpc) is 2.66. The maximum absolute atomic E-state index is 12.3. The van der Waals surface area contributed by atoms with Crippen LogP contribution in [0.15, 0.2) is 24.3 Å². The Morgan fingerprint density at radius 2 is 1.96 bits per heavy atom. The van der Waals surface area contributed by atoms with Crippen LogP contribution in [0.25, 0.3) is 0 Å². The maximum atomic E-state index is 12.3. The summed E-state index contributed by atoms with van der Waals surface area (Å²) in [6, 6.07) is 7.56. The number of methoxy groups -OCH3 is 1. The number of piperidine rings is 1. The van der Waals surface area contributed by atoms with E-state index in [1.54, 1.807) is 19.1 Å². The molecule has 1 fully saturated rings. The molecule has 0 radical (unpaired) electrons. The molecule has 0 aliphatic carbocycles. The van der Waals surface area contributed by atoms with Crippen LogP contribution in [0.1, 0.15) is 24.8 Å². The molecule has 1 aliphatic heterocycles. The Morgan fingerprint density at radius 3 is 2.58 bits per heavy atom. The van der Waals surface area contributed by atoms with E-state index in [1.807, 2.05) is 24.3 Å². The Hall–Kier alpha value is -2.57. The second-order valence-electron chi connectivity index (χ2n) is 6.59. The SMILES string of the molecule is COc1cccc(CCC(=O)N(C)CC(=O)N2CCC(C(=O)O)CC2)c1. The fourth-order valence-corrected chi connectivity index (χ4v) is 3.04. The fourth-order valence-electron chi connectivity index (χ4n) is 3.04. The number of carboxylic acid groups (broad SMARTS) is 1. The molecular formula is C19H26N2O5. The van der Waals surface area contributed by atoms with Gasteiger partial charge >= 0.3 is 5.97 Å². The van der Waals surface area contributed by atoms with E-state index in [9.17, 15) is 14.4 Å². The number of nitrogens with zero attached hydrogens (tertiary/aromatic N) is 2. The number of ether oxygens (including phenoxy) is 1. The molecular weight excluding hydrogens is 336 g/mol. The van der Waals surface area contributed by atoms with Gasteiger partial charge in [0.1, 0.15) is 5.75 Å². The smallest absolute Gasteiger partial charge is 0.306 e. The van der Waals surface area contributed by atoms with Gasteiger partial charge in [0, 0.05) is 26.6 Å². The van der Waals surface area contributed by atoms with Crippen molar-refractivity contribution in [3.8, 4) is 5.75 Å². The topological polar surface area (TPSA) is 87.2 Å². The molecule has 1 aliphatic rings. The molecule has 2 rings (SSSR count). The summed E-state index contributed by atoms with van der Waals surface area (Å²) in [4.78, 5) is 38.6. The molecule has 0 aromatic heterocycles.